The molecule has 0 aliphatic carbocycles. The van der Waals surface area contributed by atoms with Crippen LogP contribution in [-0.2, 0) is 16.5 Å². The second-order valence-electron chi connectivity index (χ2n) is 3.41. The molecule has 0 bridgehead atoms. The van der Waals surface area contributed by atoms with Gasteiger partial charge in [0, 0.05) is 18.7 Å². The first-order chi connectivity index (χ1) is 8.52. The van der Waals surface area contributed by atoms with Crippen molar-refractivity contribution in [1.82, 2.24) is 4.57 Å². The molecule has 1 heterocycles. The number of carbonyl (C=O) groups excluding carboxylic acids is 1. The number of halogens is 1. The topological polar surface area (TPSA) is 57.5 Å². The molecule has 5 nitrogen and oxygen atoms in total. The molecule has 0 saturated heterocycles. The summed E-state index contributed by atoms with van der Waals surface area (Å²) in [6, 6.07) is 1.30. The van der Waals surface area contributed by atoms with Crippen molar-refractivity contribution in [3.05, 3.63) is 39.0 Å². The zero-order valence-electron chi connectivity index (χ0n) is 10.4. The van der Waals surface area contributed by atoms with Gasteiger partial charge in [0.05, 0.1) is 20.0 Å². The highest BCUT2D eigenvalue weighted by molar-refractivity contribution is 6.33. The van der Waals surface area contributed by atoms with Crippen molar-refractivity contribution in [1.29, 1.82) is 0 Å². The number of carbonyl (C=O) groups is 1. The third-order valence-corrected chi connectivity index (χ3v) is 2.74. The van der Waals surface area contributed by atoms with Crippen LogP contribution >= 0.6 is 11.6 Å². The average molecular weight is 272 g/mol. The van der Waals surface area contributed by atoms with Gasteiger partial charge in [0.25, 0.3) is 5.56 Å². The molecule has 0 aromatic carbocycles. The number of aromatic nitrogens is 1. The zero-order chi connectivity index (χ0) is 13.7. The molecule has 0 atom stereocenters. The number of pyridine rings is 1. The Morgan fingerprint density at radius 2 is 2.22 bits per heavy atom. The zero-order valence-corrected chi connectivity index (χ0v) is 11.2. The quantitative estimate of drug-likeness (QED) is 0.476. The molecule has 6 heteroatoms. The van der Waals surface area contributed by atoms with Gasteiger partial charge in [-0.05, 0) is 13.0 Å². The number of hydrogen-bond donors (Lipinski definition) is 0. The maximum absolute atomic E-state index is 11.7. The first-order valence-electron chi connectivity index (χ1n) is 5.28. The maximum atomic E-state index is 11.7. The van der Waals surface area contributed by atoms with Crippen LogP contribution in [0.3, 0.4) is 0 Å². The molecule has 18 heavy (non-hydrogen) atoms. The van der Waals surface area contributed by atoms with Gasteiger partial charge in [0.15, 0.2) is 0 Å². The van der Waals surface area contributed by atoms with Crippen LogP contribution in [0.5, 0.6) is 0 Å². The fourth-order valence-electron chi connectivity index (χ4n) is 1.34. The smallest absolute Gasteiger partial charge is 0.341 e. The fraction of sp³-hybridized carbons (Fsp3) is 0.333. The fourth-order valence-corrected chi connectivity index (χ4v) is 1.61. The van der Waals surface area contributed by atoms with E-state index in [-0.39, 0.29) is 16.3 Å². The van der Waals surface area contributed by atoms with Gasteiger partial charge in [-0.15, -0.1) is 0 Å². The third kappa shape index (κ3) is 2.92. The van der Waals surface area contributed by atoms with E-state index in [0.29, 0.717) is 12.2 Å². The van der Waals surface area contributed by atoms with Crippen molar-refractivity contribution in [2.24, 2.45) is 7.05 Å². The molecule has 0 radical (unpaired) electrons. The number of esters is 1. The first-order valence-corrected chi connectivity index (χ1v) is 5.66. The van der Waals surface area contributed by atoms with Crippen LogP contribution in [0.4, 0.5) is 0 Å². The van der Waals surface area contributed by atoms with E-state index in [2.05, 4.69) is 4.74 Å². The lowest BCUT2D eigenvalue weighted by atomic mass is 10.1. The van der Waals surface area contributed by atoms with E-state index >= 15 is 0 Å². The van der Waals surface area contributed by atoms with Crippen molar-refractivity contribution in [2.45, 2.75) is 6.92 Å². The Labute approximate surface area is 110 Å². The van der Waals surface area contributed by atoms with Crippen LogP contribution in [0.1, 0.15) is 22.8 Å². The van der Waals surface area contributed by atoms with Gasteiger partial charge < -0.3 is 14.0 Å². The summed E-state index contributed by atoms with van der Waals surface area (Å²) in [5.74, 6) is -0.605. The summed E-state index contributed by atoms with van der Waals surface area (Å²) in [4.78, 5) is 23.3. The number of rotatable bonds is 4. The summed E-state index contributed by atoms with van der Waals surface area (Å²) < 4.78 is 10.8. The van der Waals surface area contributed by atoms with Gasteiger partial charge in [-0.2, -0.15) is 0 Å². The molecule has 0 aliphatic heterocycles. The summed E-state index contributed by atoms with van der Waals surface area (Å²) in [6.07, 6.45) is 2.90. The predicted octanol–water partition coefficient (Wildman–Crippen LogP) is 1.83. The minimum absolute atomic E-state index is 0.0329. The third-order valence-electron chi connectivity index (χ3n) is 2.30. The molecule has 0 saturated carbocycles. The minimum Gasteiger partial charge on any atom is -0.501 e. The van der Waals surface area contributed by atoms with E-state index in [0.717, 1.165) is 0 Å². The molecule has 1 aromatic rings. The van der Waals surface area contributed by atoms with Gasteiger partial charge in [-0.3, -0.25) is 4.79 Å². The monoisotopic (exact) mass is 271 g/mol. The van der Waals surface area contributed by atoms with E-state index in [9.17, 15) is 9.59 Å². The summed E-state index contributed by atoms with van der Waals surface area (Å²) in [7, 11) is 2.73. The molecule has 0 N–H and O–H groups in total. The van der Waals surface area contributed by atoms with Crippen molar-refractivity contribution in [2.75, 3.05) is 13.7 Å². The van der Waals surface area contributed by atoms with Gasteiger partial charge in [-0.1, -0.05) is 11.6 Å². The van der Waals surface area contributed by atoms with Crippen LogP contribution in [0.15, 0.2) is 17.1 Å². The number of ether oxygens (including phenoxy) is 2. The second kappa shape index (κ2) is 6.26. The van der Waals surface area contributed by atoms with Crippen molar-refractivity contribution in [3.8, 4) is 0 Å². The summed E-state index contributed by atoms with van der Waals surface area (Å²) >= 11 is 5.98. The van der Waals surface area contributed by atoms with Crippen LogP contribution in [0, 0.1) is 0 Å². The Bertz CT molecular complexity index is 534. The Balaban J connectivity index is 3.39. The van der Waals surface area contributed by atoms with Crippen LogP contribution in [0.2, 0.25) is 5.15 Å². The molecule has 0 amide bonds. The molecule has 0 unspecified atom stereocenters. The SMILES string of the molecule is CCO/C=C\c1cc(=O)n(C)c(Cl)c1C(=O)OC. The first kappa shape index (κ1) is 14.3. The summed E-state index contributed by atoms with van der Waals surface area (Å²) in [5, 5.41) is 0.0329. The standard InChI is InChI=1S/C12H14ClNO4/c1-4-18-6-5-8-7-9(15)14(2)11(13)10(8)12(16)17-3/h5-7H,4H2,1-3H3/b6-5-. The largest absolute Gasteiger partial charge is 0.501 e. The van der Waals surface area contributed by atoms with Crippen molar-refractivity contribution in [3.63, 3.8) is 0 Å². The van der Waals surface area contributed by atoms with Gasteiger partial charge in [-0.25, -0.2) is 4.79 Å². The molecule has 0 fully saturated rings. The Hall–Kier alpha value is -1.75. The molecule has 1 aromatic heterocycles. The minimum atomic E-state index is -0.605. The van der Waals surface area contributed by atoms with E-state index in [1.807, 2.05) is 6.92 Å². The normalized spacial score (nSPS) is 10.7. The lowest BCUT2D eigenvalue weighted by molar-refractivity contribution is 0.0599. The second-order valence-corrected chi connectivity index (χ2v) is 3.77. The molecule has 98 valence electrons. The van der Waals surface area contributed by atoms with Crippen LogP contribution < -0.4 is 5.56 Å². The highest BCUT2D eigenvalue weighted by atomic mass is 35.5. The van der Waals surface area contributed by atoms with Crippen molar-refractivity contribution >= 4 is 23.6 Å². The van der Waals surface area contributed by atoms with E-state index in [4.69, 9.17) is 16.3 Å². The predicted molar refractivity (Wildman–Crippen MR) is 68.7 cm³/mol. The van der Waals surface area contributed by atoms with E-state index in [1.54, 1.807) is 0 Å². The summed E-state index contributed by atoms with van der Waals surface area (Å²) in [6.45, 7) is 2.31. The Morgan fingerprint density at radius 3 is 2.78 bits per heavy atom. The van der Waals surface area contributed by atoms with Gasteiger partial charge >= 0.3 is 5.97 Å². The number of methoxy groups -OCH3 is 1. The molecular weight excluding hydrogens is 258 g/mol. The van der Waals surface area contributed by atoms with Gasteiger partial charge in [0.1, 0.15) is 10.7 Å². The molecular formula is C12H14ClNO4. The highest BCUT2D eigenvalue weighted by Gasteiger charge is 2.18. The van der Waals surface area contributed by atoms with Gasteiger partial charge in [0.2, 0.25) is 0 Å². The molecule has 0 spiro atoms. The lowest BCUT2D eigenvalue weighted by Gasteiger charge is -2.09. The summed E-state index contributed by atoms with van der Waals surface area (Å²) in [5.41, 5.74) is 0.185. The lowest BCUT2D eigenvalue weighted by Crippen LogP contribution is -2.21. The van der Waals surface area contributed by atoms with Crippen molar-refractivity contribution < 1.29 is 14.3 Å². The van der Waals surface area contributed by atoms with E-state index < -0.39 is 5.97 Å². The Kier molecular flexibility index (Phi) is 4.97. The van der Waals surface area contributed by atoms with E-state index in [1.165, 1.54) is 37.1 Å². The number of hydrogen-bond acceptors (Lipinski definition) is 4. The maximum Gasteiger partial charge on any atom is 0.341 e. The van der Waals surface area contributed by atoms with Crippen LogP contribution in [-0.4, -0.2) is 24.3 Å². The van der Waals surface area contributed by atoms with Crippen LogP contribution in [0.25, 0.3) is 6.08 Å². The molecule has 1 rings (SSSR count). The highest BCUT2D eigenvalue weighted by Crippen LogP contribution is 2.19. The average Bonchev–Trinajstić information content (AvgIpc) is 2.36. The molecule has 0 aliphatic rings. The Morgan fingerprint density at radius 1 is 1.56 bits per heavy atom. The number of nitrogens with zero attached hydrogens (tertiary/aromatic N) is 1.